The van der Waals surface area contributed by atoms with Crippen LogP contribution in [0.25, 0.3) is 11.2 Å². The summed E-state index contributed by atoms with van der Waals surface area (Å²) in [6.07, 6.45) is 1.77. The topological polar surface area (TPSA) is 97.3 Å². The van der Waals surface area contributed by atoms with E-state index >= 15 is 0 Å². The van der Waals surface area contributed by atoms with Crippen LogP contribution in [0.15, 0.2) is 32.9 Å². The van der Waals surface area contributed by atoms with Gasteiger partial charge in [0.1, 0.15) is 0 Å². The number of methoxy groups -OCH3 is 2. The zero-order valence-corrected chi connectivity index (χ0v) is 19.1. The number of rotatable bonds is 9. The van der Waals surface area contributed by atoms with Crippen molar-refractivity contribution in [1.82, 2.24) is 18.7 Å². The monoisotopic (exact) mass is 446 g/mol. The van der Waals surface area contributed by atoms with Gasteiger partial charge in [-0.2, -0.15) is 0 Å². The number of thioether (sulfide) groups is 1. The molecule has 3 rings (SSSR count). The number of hydrogen-bond donors (Lipinski definition) is 0. The molecule has 0 fully saturated rings. The molecule has 166 valence electrons. The maximum absolute atomic E-state index is 12.8. The van der Waals surface area contributed by atoms with E-state index in [1.165, 1.54) is 37.6 Å². The molecule has 0 spiro atoms. The van der Waals surface area contributed by atoms with Crippen molar-refractivity contribution >= 4 is 28.7 Å². The Labute approximate surface area is 183 Å². The third kappa shape index (κ3) is 4.25. The number of nitrogens with zero attached hydrogens (tertiary/aromatic N) is 4. The maximum Gasteiger partial charge on any atom is 0.332 e. The first-order valence-electron chi connectivity index (χ1n) is 9.88. The van der Waals surface area contributed by atoms with Crippen LogP contribution in [-0.2, 0) is 20.6 Å². The summed E-state index contributed by atoms with van der Waals surface area (Å²) in [7, 11) is 6.09. The summed E-state index contributed by atoms with van der Waals surface area (Å²) < 4.78 is 14.7. The number of aryl methyl sites for hydroxylation is 2. The van der Waals surface area contributed by atoms with Crippen LogP contribution >= 0.6 is 11.8 Å². The van der Waals surface area contributed by atoms with E-state index < -0.39 is 5.69 Å². The number of fused-ring (bicyclic) bond motifs is 1. The van der Waals surface area contributed by atoms with E-state index in [1.807, 2.05) is 4.57 Å². The molecule has 0 saturated heterocycles. The molecule has 1 aromatic carbocycles. The molecule has 0 atom stereocenters. The number of imidazole rings is 1. The average Bonchev–Trinajstić information content (AvgIpc) is 3.16. The molecule has 31 heavy (non-hydrogen) atoms. The summed E-state index contributed by atoms with van der Waals surface area (Å²) in [4.78, 5) is 42.4. The summed E-state index contributed by atoms with van der Waals surface area (Å²) in [5.41, 5.74) is 0.365. The van der Waals surface area contributed by atoms with E-state index in [-0.39, 0.29) is 17.1 Å². The molecule has 0 aliphatic carbocycles. The number of ketones is 1. The molecule has 0 N–H and O–H groups in total. The van der Waals surface area contributed by atoms with E-state index in [0.29, 0.717) is 39.9 Å². The second-order valence-electron chi connectivity index (χ2n) is 7.06. The highest BCUT2D eigenvalue weighted by Crippen LogP contribution is 2.29. The van der Waals surface area contributed by atoms with Crippen molar-refractivity contribution < 1.29 is 14.3 Å². The first-order chi connectivity index (χ1) is 14.8. The minimum atomic E-state index is -0.435. The van der Waals surface area contributed by atoms with E-state index in [1.54, 1.807) is 25.2 Å². The highest BCUT2D eigenvalue weighted by molar-refractivity contribution is 7.99. The Balaban J connectivity index is 1.96. The predicted octanol–water partition coefficient (Wildman–Crippen LogP) is 2.23. The zero-order valence-electron chi connectivity index (χ0n) is 18.3. The molecule has 0 radical (unpaired) electrons. The molecule has 0 amide bonds. The summed E-state index contributed by atoms with van der Waals surface area (Å²) in [6.45, 7) is 2.63. The summed E-state index contributed by atoms with van der Waals surface area (Å²) in [5.74, 6) is 1.04. The van der Waals surface area contributed by atoms with Crippen LogP contribution in [0.3, 0.4) is 0 Å². The van der Waals surface area contributed by atoms with Crippen molar-refractivity contribution in [3.8, 4) is 11.5 Å². The van der Waals surface area contributed by atoms with Gasteiger partial charge in [-0.1, -0.05) is 25.1 Å². The number of carbonyl (C=O) groups is 1. The Morgan fingerprint density at radius 2 is 1.81 bits per heavy atom. The first kappa shape index (κ1) is 22.7. The molecule has 2 heterocycles. The molecule has 9 nitrogen and oxygen atoms in total. The minimum Gasteiger partial charge on any atom is -0.493 e. The SMILES string of the molecule is CCCCn1c(SCC(=O)c2ccc(OC)c(OC)c2)nc2c1c(=O)n(C)c(=O)n2C. The quantitative estimate of drug-likeness (QED) is 0.367. The Morgan fingerprint density at radius 1 is 1.10 bits per heavy atom. The third-order valence-electron chi connectivity index (χ3n) is 5.09. The Hall–Kier alpha value is -3.01. The third-order valence-corrected chi connectivity index (χ3v) is 6.06. The van der Waals surface area contributed by atoms with Crippen LogP contribution in [-0.4, -0.2) is 44.4 Å². The average molecular weight is 447 g/mol. The van der Waals surface area contributed by atoms with Crippen LogP contribution in [0.1, 0.15) is 30.1 Å². The van der Waals surface area contributed by atoms with Crippen molar-refractivity contribution in [2.24, 2.45) is 14.1 Å². The Kier molecular flexibility index (Phi) is 6.89. The number of carbonyl (C=O) groups excluding carboxylic acids is 1. The number of ether oxygens (including phenoxy) is 2. The van der Waals surface area contributed by atoms with Crippen molar-refractivity contribution in [3.05, 3.63) is 44.6 Å². The summed E-state index contributed by atoms with van der Waals surface area (Å²) in [5, 5.41) is 0.538. The smallest absolute Gasteiger partial charge is 0.332 e. The zero-order chi connectivity index (χ0) is 22.7. The maximum atomic E-state index is 12.8. The van der Waals surface area contributed by atoms with E-state index in [0.717, 1.165) is 17.4 Å². The van der Waals surface area contributed by atoms with Gasteiger partial charge in [0, 0.05) is 26.2 Å². The van der Waals surface area contributed by atoms with E-state index in [9.17, 15) is 14.4 Å². The number of unbranched alkanes of at least 4 members (excludes halogenated alkanes) is 1. The van der Waals surface area contributed by atoms with Crippen LogP contribution < -0.4 is 20.7 Å². The van der Waals surface area contributed by atoms with Gasteiger partial charge in [-0.15, -0.1) is 0 Å². The largest absolute Gasteiger partial charge is 0.493 e. The molecule has 0 bridgehead atoms. The second-order valence-corrected chi connectivity index (χ2v) is 8.00. The number of aromatic nitrogens is 4. The lowest BCUT2D eigenvalue weighted by Gasteiger charge is -2.10. The number of hydrogen-bond acceptors (Lipinski definition) is 7. The van der Waals surface area contributed by atoms with Crippen LogP contribution in [0.4, 0.5) is 0 Å². The first-order valence-corrected chi connectivity index (χ1v) is 10.9. The van der Waals surface area contributed by atoms with Gasteiger partial charge in [0.25, 0.3) is 5.56 Å². The Bertz CT molecular complexity index is 1240. The van der Waals surface area contributed by atoms with E-state index in [4.69, 9.17) is 9.47 Å². The number of Topliss-reactive ketones (excluding diaryl/α,β-unsaturated/α-hetero) is 1. The van der Waals surface area contributed by atoms with Gasteiger partial charge < -0.3 is 14.0 Å². The van der Waals surface area contributed by atoms with Crippen LogP contribution in [0.5, 0.6) is 11.5 Å². The molecule has 10 heteroatoms. The van der Waals surface area contributed by atoms with Gasteiger partial charge in [0.2, 0.25) is 0 Å². The van der Waals surface area contributed by atoms with Gasteiger partial charge in [-0.05, 0) is 24.6 Å². The Morgan fingerprint density at radius 3 is 2.45 bits per heavy atom. The van der Waals surface area contributed by atoms with Gasteiger partial charge >= 0.3 is 5.69 Å². The van der Waals surface area contributed by atoms with Crippen molar-refractivity contribution in [2.45, 2.75) is 31.5 Å². The normalized spacial score (nSPS) is 11.1. The fourth-order valence-corrected chi connectivity index (χ4v) is 4.20. The molecular formula is C21H26N4O5S. The van der Waals surface area contributed by atoms with Crippen molar-refractivity contribution in [2.75, 3.05) is 20.0 Å². The van der Waals surface area contributed by atoms with E-state index in [2.05, 4.69) is 11.9 Å². The molecule has 0 saturated carbocycles. The van der Waals surface area contributed by atoms with Crippen LogP contribution in [0.2, 0.25) is 0 Å². The van der Waals surface area contributed by atoms with Gasteiger partial charge in [0.05, 0.1) is 20.0 Å². The standard InChI is InChI=1S/C21H26N4O5S/c1-6-7-10-25-17-18(23(2)21(28)24(3)19(17)27)22-20(25)31-12-14(26)13-8-9-15(29-4)16(11-13)30-5/h8-9,11H,6-7,10,12H2,1-5H3. The summed E-state index contributed by atoms with van der Waals surface area (Å²) in [6, 6.07) is 5.01. The fourth-order valence-electron chi connectivity index (χ4n) is 3.28. The van der Waals surface area contributed by atoms with Gasteiger partial charge in [-0.3, -0.25) is 18.7 Å². The molecule has 2 aromatic heterocycles. The highest BCUT2D eigenvalue weighted by atomic mass is 32.2. The van der Waals surface area contributed by atoms with Gasteiger partial charge in [-0.25, -0.2) is 9.78 Å². The molecular weight excluding hydrogens is 420 g/mol. The highest BCUT2D eigenvalue weighted by Gasteiger charge is 2.20. The second kappa shape index (κ2) is 9.42. The summed E-state index contributed by atoms with van der Waals surface area (Å²) >= 11 is 1.25. The fraction of sp³-hybridized carbons (Fsp3) is 0.429. The molecule has 0 aliphatic rings. The molecule has 0 unspecified atom stereocenters. The van der Waals surface area contributed by atoms with Crippen molar-refractivity contribution in [1.29, 1.82) is 0 Å². The van der Waals surface area contributed by atoms with Gasteiger partial charge in [0.15, 0.2) is 33.6 Å². The lowest BCUT2D eigenvalue weighted by Crippen LogP contribution is -2.37. The molecule has 3 aromatic rings. The lowest BCUT2D eigenvalue weighted by molar-refractivity contribution is 0.102. The minimum absolute atomic E-state index is 0.109. The van der Waals surface area contributed by atoms with Crippen molar-refractivity contribution in [3.63, 3.8) is 0 Å². The van der Waals surface area contributed by atoms with Crippen LogP contribution in [0, 0.1) is 0 Å². The molecule has 0 aliphatic heterocycles. The number of benzene rings is 1. The lowest BCUT2D eigenvalue weighted by atomic mass is 10.1. The predicted molar refractivity (Wildman–Crippen MR) is 120 cm³/mol.